The van der Waals surface area contributed by atoms with Gasteiger partial charge in [-0.25, -0.2) is 4.98 Å². The van der Waals surface area contributed by atoms with Gasteiger partial charge in [0.2, 0.25) is 0 Å². The van der Waals surface area contributed by atoms with Gasteiger partial charge in [-0.15, -0.1) is 11.3 Å². The summed E-state index contributed by atoms with van der Waals surface area (Å²) in [7, 11) is 3.34. The second-order valence-corrected chi connectivity index (χ2v) is 6.83. The smallest absolute Gasteiger partial charge is 0.274 e. The summed E-state index contributed by atoms with van der Waals surface area (Å²) in [6.45, 7) is 3.47. The summed E-state index contributed by atoms with van der Waals surface area (Å²) in [5.74, 6) is 0.340. The predicted octanol–water partition coefficient (Wildman–Crippen LogP) is 3.92. The zero-order valence-electron chi connectivity index (χ0n) is 15.0. The Morgan fingerprint density at radius 1 is 1.27 bits per heavy atom. The second-order valence-electron chi connectivity index (χ2n) is 5.98. The molecule has 0 fully saturated rings. The zero-order valence-corrected chi connectivity index (χ0v) is 15.8. The van der Waals surface area contributed by atoms with Crippen molar-refractivity contribution in [3.05, 3.63) is 52.7 Å². The number of ether oxygens (including phenoxy) is 1. The minimum Gasteiger partial charge on any atom is -0.496 e. The van der Waals surface area contributed by atoms with Crippen LogP contribution in [0.25, 0.3) is 11.3 Å². The highest BCUT2D eigenvalue weighted by Gasteiger charge is 2.16. The van der Waals surface area contributed by atoms with Crippen LogP contribution >= 0.6 is 11.3 Å². The summed E-state index contributed by atoms with van der Waals surface area (Å²) < 4.78 is 7.03. The van der Waals surface area contributed by atoms with Crippen molar-refractivity contribution in [2.45, 2.75) is 13.8 Å². The van der Waals surface area contributed by atoms with E-state index in [1.165, 1.54) is 18.3 Å². The van der Waals surface area contributed by atoms with E-state index in [0.29, 0.717) is 16.4 Å². The molecule has 1 amide bonds. The first kappa shape index (κ1) is 17.9. The Kier molecular flexibility index (Phi) is 4.90. The number of hydrogen-bond acceptors (Lipinski definition) is 5. The van der Waals surface area contributed by atoms with Gasteiger partial charge < -0.3 is 9.30 Å². The lowest BCUT2D eigenvalue weighted by molar-refractivity contribution is 0.101. The maximum Gasteiger partial charge on any atom is 0.274 e. The lowest BCUT2D eigenvalue weighted by Gasteiger charge is -2.07. The summed E-state index contributed by atoms with van der Waals surface area (Å²) in [5.41, 5.74) is 3.62. The number of benzene rings is 1. The maximum absolute atomic E-state index is 12.5. The van der Waals surface area contributed by atoms with Gasteiger partial charge in [-0.3, -0.25) is 14.9 Å². The SMILES string of the molecule is COc1ccc(C)cc1-c1csc(NC(=O)c2cc(C(C)=O)cn2C)n1. The van der Waals surface area contributed by atoms with Gasteiger partial charge in [0.15, 0.2) is 10.9 Å². The van der Waals surface area contributed by atoms with Crippen LogP contribution in [0, 0.1) is 6.92 Å². The molecule has 0 bridgehead atoms. The molecule has 3 rings (SSSR count). The number of carbonyl (C=O) groups is 2. The van der Waals surface area contributed by atoms with Gasteiger partial charge >= 0.3 is 0 Å². The number of thiazole rings is 1. The Hall–Kier alpha value is -2.93. The Labute approximate surface area is 155 Å². The van der Waals surface area contributed by atoms with Gasteiger partial charge in [0.25, 0.3) is 5.91 Å². The van der Waals surface area contributed by atoms with Crippen molar-refractivity contribution in [3.63, 3.8) is 0 Å². The molecule has 26 heavy (non-hydrogen) atoms. The summed E-state index contributed by atoms with van der Waals surface area (Å²) in [5, 5.41) is 5.15. The molecule has 1 N–H and O–H groups in total. The number of anilines is 1. The van der Waals surface area contributed by atoms with E-state index < -0.39 is 0 Å². The molecular weight excluding hydrogens is 350 g/mol. The summed E-state index contributed by atoms with van der Waals surface area (Å²) in [6.07, 6.45) is 1.64. The molecule has 134 valence electrons. The van der Waals surface area contributed by atoms with E-state index in [2.05, 4.69) is 10.3 Å². The number of ketones is 1. The van der Waals surface area contributed by atoms with Gasteiger partial charge in [-0.1, -0.05) is 11.6 Å². The molecule has 2 heterocycles. The van der Waals surface area contributed by atoms with Crippen molar-refractivity contribution in [1.82, 2.24) is 9.55 Å². The Bertz CT molecular complexity index is 988. The molecule has 0 saturated carbocycles. The number of nitrogens with zero attached hydrogens (tertiary/aromatic N) is 2. The Balaban J connectivity index is 1.84. The van der Waals surface area contributed by atoms with Gasteiger partial charge in [0, 0.05) is 29.8 Å². The normalized spacial score (nSPS) is 10.6. The molecule has 0 aliphatic carbocycles. The number of carbonyl (C=O) groups excluding carboxylic acids is 2. The van der Waals surface area contributed by atoms with Crippen molar-refractivity contribution < 1.29 is 14.3 Å². The van der Waals surface area contributed by atoms with E-state index in [1.807, 2.05) is 30.5 Å². The summed E-state index contributed by atoms with van der Waals surface area (Å²) in [6, 6.07) is 7.44. The Morgan fingerprint density at radius 2 is 2.04 bits per heavy atom. The van der Waals surface area contributed by atoms with Gasteiger partial charge in [0.05, 0.1) is 12.8 Å². The molecule has 0 radical (unpaired) electrons. The molecule has 0 aliphatic rings. The molecule has 0 unspecified atom stereocenters. The quantitative estimate of drug-likeness (QED) is 0.692. The van der Waals surface area contributed by atoms with Crippen LogP contribution in [0.1, 0.15) is 33.3 Å². The number of aryl methyl sites for hydroxylation is 2. The van der Waals surface area contributed by atoms with E-state index in [-0.39, 0.29) is 11.7 Å². The highest BCUT2D eigenvalue weighted by Crippen LogP contribution is 2.33. The van der Waals surface area contributed by atoms with Crippen LogP contribution in [-0.4, -0.2) is 28.4 Å². The van der Waals surface area contributed by atoms with Crippen LogP contribution in [0.5, 0.6) is 5.75 Å². The highest BCUT2D eigenvalue weighted by molar-refractivity contribution is 7.14. The number of methoxy groups -OCH3 is 1. The number of rotatable bonds is 5. The number of aromatic nitrogens is 2. The average Bonchev–Trinajstić information content (AvgIpc) is 3.21. The molecule has 7 heteroatoms. The van der Waals surface area contributed by atoms with Crippen molar-refractivity contribution in [2.75, 3.05) is 12.4 Å². The fourth-order valence-corrected chi connectivity index (χ4v) is 3.33. The number of nitrogens with one attached hydrogen (secondary N) is 1. The van der Waals surface area contributed by atoms with Gasteiger partial charge in [-0.2, -0.15) is 0 Å². The average molecular weight is 369 g/mol. The number of Topliss-reactive ketones (excluding diaryl/α,β-unsaturated/α-hetero) is 1. The van der Waals surface area contributed by atoms with Gasteiger partial charge in [-0.05, 0) is 32.0 Å². The zero-order chi connectivity index (χ0) is 18.8. The molecular formula is C19H19N3O3S. The van der Waals surface area contributed by atoms with E-state index >= 15 is 0 Å². The van der Waals surface area contributed by atoms with Crippen molar-refractivity contribution in [2.24, 2.45) is 7.05 Å². The van der Waals surface area contributed by atoms with Crippen molar-refractivity contribution >= 4 is 28.2 Å². The molecule has 2 aromatic heterocycles. The Morgan fingerprint density at radius 3 is 2.69 bits per heavy atom. The van der Waals surface area contributed by atoms with E-state index in [9.17, 15) is 9.59 Å². The first-order valence-corrected chi connectivity index (χ1v) is 8.86. The van der Waals surface area contributed by atoms with E-state index in [1.54, 1.807) is 31.0 Å². The van der Waals surface area contributed by atoms with Crippen molar-refractivity contribution in [3.8, 4) is 17.0 Å². The number of hydrogen-bond donors (Lipinski definition) is 1. The molecule has 0 spiro atoms. The largest absolute Gasteiger partial charge is 0.496 e. The minimum absolute atomic E-state index is 0.0808. The highest BCUT2D eigenvalue weighted by atomic mass is 32.1. The summed E-state index contributed by atoms with van der Waals surface area (Å²) >= 11 is 1.34. The fourth-order valence-electron chi connectivity index (χ4n) is 2.62. The molecule has 0 saturated heterocycles. The van der Waals surface area contributed by atoms with Crippen molar-refractivity contribution in [1.29, 1.82) is 0 Å². The molecule has 6 nitrogen and oxygen atoms in total. The molecule has 0 atom stereocenters. The molecule has 0 aliphatic heterocycles. The van der Waals surface area contributed by atoms with Crippen LogP contribution in [0.3, 0.4) is 0 Å². The monoisotopic (exact) mass is 369 g/mol. The van der Waals surface area contributed by atoms with Crippen LogP contribution in [0.2, 0.25) is 0 Å². The topological polar surface area (TPSA) is 73.2 Å². The van der Waals surface area contributed by atoms with Crippen LogP contribution in [0.15, 0.2) is 35.8 Å². The third kappa shape index (κ3) is 3.52. The molecule has 1 aromatic carbocycles. The first-order valence-electron chi connectivity index (χ1n) is 7.98. The maximum atomic E-state index is 12.5. The summed E-state index contributed by atoms with van der Waals surface area (Å²) in [4.78, 5) is 28.5. The first-order chi connectivity index (χ1) is 12.4. The second kappa shape index (κ2) is 7.13. The molecule has 3 aromatic rings. The minimum atomic E-state index is -0.308. The number of amides is 1. The third-order valence-corrected chi connectivity index (χ3v) is 4.76. The van der Waals surface area contributed by atoms with Gasteiger partial charge in [0.1, 0.15) is 11.4 Å². The predicted molar refractivity (Wildman–Crippen MR) is 102 cm³/mol. The fraction of sp³-hybridized carbons (Fsp3) is 0.211. The van der Waals surface area contributed by atoms with Crippen LogP contribution < -0.4 is 10.1 Å². The van der Waals surface area contributed by atoms with Crippen LogP contribution in [-0.2, 0) is 7.05 Å². The lowest BCUT2D eigenvalue weighted by Crippen LogP contribution is -2.15. The third-order valence-electron chi connectivity index (χ3n) is 4.00. The van der Waals surface area contributed by atoms with E-state index in [0.717, 1.165) is 22.6 Å². The standard InChI is InChI=1S/C19H19N3O3S/c1-11-5-6-17(25-4)14(7-11)15-10-26-19(20-15)21-18(24)16-8-13(12(2)23)9-22(16)3/h5-10H,1-4H3,(H,20,21,24). The lowest BCUT2D eigenvalue weighted by atomic mass is 10.1. The van der Waals surface area contributed by atoms with E-state index in [4.69, 9.17) is 4.74 Å². The van der Waals surface area contributed by atoms with Crippen LogP contribution in [0.4, 0.5) is 5.13 Å².